The maximum atomic E-state index is 14.5. The lowest BCUT2D eigenvalue weighted by Crippen LogP contribution is -2.61. The molecule has 1 amide bonds. The Hall–Kier alpha value is -4.14. The molecule has 3 aliphatic heterocycles. The minimum absolute atomic E-state index is 0.0158. The van der Waals surface area contributed by atoms with E-state index in [2.05, 4.69) is 0 Å². The predicted octanol–water partition coefficient (Wildman–Crippen LogP) is 3.75. The van der Waals surface area contributed by atoms with E-state index in [9.17, 15) is 39.3 Å². The molecule has 1 saturated carbocycles. The lowest BCUT2D eigenvalue weighted by atomic mass is 9.78. The number of fused-ring (bicyclic) bond motifs is 3. The fourth-order valence-corrected chi connectivity index (χ4v) is 10.5. The van der Waals surface area contributed by atoms with Crippen LogP contribution in [0.3, 0.4) is 0 Å². The highest BCUT2D eigenvalue weighted by Crippen LogP contribution is 2.38. The summed E-state index contributed by atoms with van der Waals surface area (Å²) in [6.45, 7) is 12.9. The number of allylic oxidation sites excluding steroid dienone is 6. The van der Waals surface area contributed by atoms with Gasteiger partial charge in [-0.3, -0.25) is 19.2 Å². The SMILES string of the molecule is CO[C@H]1C[C@@H]2CC[C@@H](C)[C@@](O)(O2)C(=O)C(=O)N2CCCC[C@H]2C(=O)O[C@H]([C@H](C)C[C@@H]2CC[C@@H](OCCO)[C@H](OC)C2)CC(=O)[C@H](C)/C=C(\C)[C@@H](O)[C@@H](OC)C(=O)[C@H](C)C[C@H](C)/C=C/C=C/C=C/1C.O=C([O-])[O-]. The van der Waals surface area contributed by atoms with E-state index < -0.39 is 83.9 Å². The first-order valence-corrected chi connectivity index (χ1v) is 25.6. The van der Waals surface area contributed by atoms with Crippen molar-refractivity contribution in [2.24, 2.45) is 35.5 Å². The standard InChI is InChI=1S/C53H83NO14.CH2O3/c1-32-16-12-11-13-17-33(2)44(63-8)30-40-21-19-38(7)53(62,68-40)50(59)51(60)54-23-15-14-18-41(54)52(61)67-45(35(4)28-39-20-22-43(66-25-24-55)46(29-39)64-9)31-42(56)34(3)27-37(6)48(58)49(65-10)47(57)36(5)26-32;2-1(3)4/h11-13,16-17,27,32,34-36,38-41,43-46,48-49,55,58,62H,14-15,18-26,28-31H2,1-10H3;(H2,2,3,4)/p-2/b13-11+,16-12+,33-17+,37-27+;/t32-,34-,35-,36-,38-,39+,40+,41+,43-,44+,45+,46-,48-,49+,53-;/m1./s1. The van der Waals surface area contributed by atoms with Crippen molar-refractivity contribution in [3.63, 3.8) is 0 Å². The first-order valence-electron chi connectivity index (χ1n) is 25.6. The van der Waals surface area contributed by atoms with E-state index in [4.69, 9.17) is 43.4 Å². The zero-order chi connectivity index (χ0) is 53.9. The van der Waals surface area contributed by atoms with E-state index in [0.29, 0.717) is 63.4 Å². The number of carbonyl (C=O) groups is 6. The molecule has 2 saturated heterocycles. The smallest absolute Gasteiger partial charge is 0.329 e. The Morgan fingerprint density at radius 3 is 2.21 bits per heavy atom. The van der Waals surface area contributed by atoms with Crippen molar-refractivity contribution < 1.29 is 82.7 Å². The largest absolute Gasteiger partial charge is 0.652 e. The minimum atomic E-state index is -2.43. The topological polar surface area (TPSA) is 268 Å². The highest BCUT2D eigenvalue weighted by Gasteiger charge is 2.53. The number of ketones is 3. The normalized spacial score (nSPS) is 37.3. The van der Waals surface area contributed by atoms with Gasteiger partial charge in [-0.05, 0) is 113 Å². The van der Waals surface area contributed by atoms with Crippen LogP contribution < -0.4 is 10.2 Å². The van der Waals surface area contributed by atoms with Gasteiger partial charge in [-0.2, -0.15) is 0 Å². The third-order valence-electron chi connectivity index (χ3n) is 14.9. The van der Waals surface area contributed by atoms with Gasteiger partial charge in [0.15, 0.2) is 5.78 Å². The second-order valence-corrected chi connectivity index (χ2v) is 20.4. The third kappa shape index (κ3) is 18.1. The Morgan fingerprint density at radius 1 is 0.875 bits per heavy atom. The van der Waals surface area contributed by atoms with Crippen LogP contribution in [-0.2, 0) is 52.4 Å². The second kappa shape index (κ2) is 30.3. The zero-order valence-corrected chi connectivity index (χ0v) is 44.2. The van der Waals surface area contributed by atoms with Crippen molar-refractivity contribution in [2.45, 2.75) is 180 Å². The van der Waals surface area contributed by atoms with E-state index in [1.807, 2.05) is 58.1 Å². The molecule has 1 aliphatic carbocycles. The number of aliphatic hydroxyl groups excluding tert-OH is 2. The van der Waals surface area contributed by atoms with E-state index in [1.165, 1.54) is 12.0 Å². The molecule has 0 aromatic heterocycles. The molecule has 2 bridgehead atoms. The molecule has 18 nitrogen and oxygen atoms in total. The molecule has 0 aromatic carbocycles. The number of nitrogens with zero attached hydrogens (tertiary/aromatic N) is 1. The first kappa shape index (κ1) is 62.2. The number of hydrogen-bond acceptors (Lipinski definition) is 17. The number of hydrogen-bond donors (Lipinski definition) is 3. The summed E-state index contributed by atoms with van der Waals surface area (Å²) >= 11 is 0. The zero-order valence-electron chi connectivity index (χ0n) is 44.2. The number of carbonyl (C=O) groups excluding carboxylic acids is 6. The molecule has 408 valence electrons. The summed E-state index contributed by atoms with van der Waals surface area (Å²) in [5, 5.41) is 49.5. The maximum absolute atomic E-state index is 14.5. The lowest BCUT2D eigenvalue weighted by Gasteiger charge is -2.42. The van der Waals surface area contributed by atoms with Crippen molar-refractivity contribution in [3.05, 3.63) is 47.6 Å². The van der Waals surface area contributed by atoms with Crippen LogP contribution in [0.4, 0.5) is 4.79 Å². The fraction of sp³-hybridized carbons (Fsp3) is 0.741. The van der Waals surface area contributed by atoms with Crippen molar-refractivity contribution in [1.29, 1.82) is 0 Å². The van der Waals surface area contributed by atoms with Crippen LogP contribution in [-0.4, -0.2) is 151 Å². The van der Waals surface area contributed by atoms with Gasteiger partial charge < -0.3 is 63.6 Å². The van der Waals surface area contributed by atoms with Crippen LogP contribution in [0.15, 0.2) is 47.6 Å². The van der Waals surface area contributed by atoms with Crippen LogP contribution in [0.2, 0.25) is 0 Å². The number of methoxy groups -OCH3 is 3. The number of amides is 1. The molecular weight excluding hydrogens is 935 g/mol. The molecule has 4 aliphatic rings. The average Bonchev–Trinajstić information content (AvgIpc) is 3.34. The Morgan fingerprint density at radius 2 is 1.57 bits per heavy atom. The molecule has 3 heterocycles. The van der Waals surface area contributed by atoms with Gasteiger partial charge >= 0.3 is 5.97 Å². The van der Waals surface area contributed by atoms with Crippen LogP contribution in [0.5, 0.6) is 0 Å². The van der Waals surface area contributed by atoms with Crippen LogP contribution in [0.1, 0.15) is 126 Å². The molecule has 3 fully saturated rings. The first-order chi connectivity index (χ1) is 34.0. The van der Waals surface area contributed by atoms with Gasteiger partial charge in [0.25, 0.3) is 11.7 Å². The molecular formula is C54H83NO17-2. The quantitative estimate of drug-likeness (QED) is 0.169. The highest BCUT2D eigenvalue weighted by atomic mass is 16.6. The fourth-order valence-electron chi connectivity index (χ4n) is 10.5. The second-order valence-electron chi connectivity index (χ2n) is 20.4. The molecule has 0 spiro atoms. The van der Waals surface area contributed by atoms with Crippen LogP contribution in [0, 0.1) is 35.5 Å². The Kier molecular flexibility index (Phi) is 26.1. The minimum Gasteiger partial charge on any atom is -0.652 e. The van der Waals surface area contributed by atoms with Gasteiger partial charge in [0.2, 0.25) is 5.79 Å². The molecule has 4 rings (SSSR count). The molecule has 15 atom stereocenters. The number of rotatable bonds is 9. The van der Waals surface area contributed by atoms with Crippen LogP contribution in [0.25, 0.3) is 0 Å². The van der Waals surface area contributed by atoms with Gasteiger partial charge in [-0.1, -0.05) is 71.1 Å². The Bertz CT molecular complexity index is 1910. The van der Waals surface area contributed by atoms with Gasteiger partial charge in [0, 0.05) is 58.5 Å². The number of cyclic esters (lactones) is 1. The van der Waals surface area contributed by atoms with E-state index in [-0.39, 0.29) is 74.1 Å². The number of ether oxygens (including phenoxy) is 6. The molecule has 3 N–H and O–H groups in total. The van der Waals surface area contributed by atoms with Crippen molar-refractivity contribution in [2.75, 3.05) is 41.1 Å². The van der Waals surface area contributed by atoms with E-state index >= 15 is 0 Å². The maximum Gasteiger partial charge on any atom is 0.329 e. The van der Waals surface area contributed by atoms with Gasteiger partial charge in [0.1, 0.15) is 30.1 Å². The average molecular weight is 1020 g/mol. The Labute approximate surface area is 426 Å². The summed E-state index contributed by atoms with van der Waals surface area (Å²) in [4.78, 5) is 80.5. The van der Waals surface area contributed by atoms with E-state index in [0.717, 1.165) is 12.0 Å². The van der Waals surface area contributed by atoms with Gasteiger partial charge in [0.05, 0.1) is 37.6 Å². The highest BCUT2D eigenvalue weighted by molar-refractivity contribution is 6.39. The molecule has 18 heteroatoms. The summed E-state index contributed by atoms with van der Waals surface area (Å²) in [7, 11) is 4.58. The van der Waals surface area contributed by atoms with Crippen molar-refractivity contribution in [3.8, 4) is 0 Å². The van der Waals surface area contributed by atoms with Crippen molar-refractivity contribution in [1.82, 2.24) is 4.90 Å². The van der Waals surface area contributed by atoms with Crippen molar-refractivity contribution >= 4 is 35.4 Å². The third-order valence-corrected chi connectivity index (χ3v) is 14.9. The summed E-state index contributed by atoms with van der Waals surface area (Å²) in [6, 6.07) is -1.14. The monoisotopic (exact) mass is 1020 g/mol. The van der Waals surface area contributed by atoms with Crippen LogP contribution >= 0.6 is 0 Å². The molecule has 0 aromatic rings. The summed E-state index contributed by atoms with van der Waals surface area (Å²) in [5.74, 6) is -7.96. The van der Waals surface area contributed by atoms with Gasteiger partial charge in [-0.25, -0.2) is 4.79 Å². The summed E-state index contributed by atoms with van der Waals surface area (Å²) in [6.07, 6.45) is 9.66. The number of piperidine rings is 1. The number of esters is 1. The Balaban J connectivity index is 0.00000329. The van der Waals surface area contributed by atoms with E-state index in [1.54, 1.807) is 41.1 Å². The number of Topliss-reactive ketones (excluding diaryl/α,β-unsaturated/α-hetero) is 3. The predicted molar refractivity (Wildman–Crippen MR) is 261 cm³/mol. The van der Waals surface area contributed by atoms with Gasteiger partial charge in [-0.15, -0.1) is 0 Å². The number of carboxylic acid groups (broad SMARTS) is 2. The number of aliphatic hydroxyl groups is 3. The summed E-state index contributed by atoms with van der Waals surface area (Å²) < 4.78 is 35.6. The molecule has 0 radical (unpaired) electrons. The summed E-state index contributed by atoms with van der Waals surface area (Å²) in [5.41, 5.74) is 1.26. The molecule has 0 unspecified atom stereocenters. The lowest BCUT2D eigenvalue weighted by molar-refractivity contribution is -0.415. The molecule has 72 heavy (non-hydrogen) atoms.